The van der Waals surface area contributed by atoms with Gasteiger partial charge in [0.1, 0.15) is 0 Å². The molecule has 0 aromatic heterocycles. The third-order valence-electron chi connectivity index (χ3n) is 5.29. The van der Waals surface area contributed by atoms with Gasteiger partial charge in [0.25, 0.3) is 0 Å². The number of carbonyl (C=O) groups is 1. The Balaban J connectivity index is 0.00000182. The van der Waals surface area contributed by atoms with E-state index in [1.165, 1.54) is 11.3 Å². The minimum Gasteiger partial charge on any atom is -0.382 e. The number of anilines is 1. The largest absolute Gasteiger partial charge is 0.382 e. The second-order valence-corrected chi connectivity index (χ2v) is 6.97. The normalized spacial score (nSPS) is 22.8. The van der Waals surface area contributed by atoms with Gasteiger partial charge in [-0.25, -0.2) is 0 Å². The Hall–Kier alpha value is -2.00. The first-order valence-corrected chi connectivity index (χ1v) is 8.96. The van der Waals surface area contributed by atoms with E-state index in [2.05, 4.69) is 58.7 Å². The number of piperidine rings is 1. The molecule has 25 heavy (non-hydrogen) atoms. The summed E-state index contributed by atoms with van der Waals surface area (Å²) < 4.78 is 0. The van der Waals surface area contributed by atoms with Crippen LogP contribution >= 0.6 is 12.4 Å². The molecule has 2 atom stereocenters. The number of benzene rings is 2. The summed E-state index contributed by atoms with van der Waals surface area (Å²) in [4.78, 5) is 14.8. The average Bonchev–Trinajstić information content (AvgIpc) is 3.44. The van der Waals surface area contributed by atoms with Crippen LogP contribution < -0.4 is 5.32 Å². The number of likely N-dealkylation sites (tertiary alicyclic amines) is 1. The number of halogens is 1. The van der Waals surface area contributed by atoms with Crippen molar-refractivity contribution in [1.82, 2.24) is 4.90 Å². The predicted molar refractivity (Wildman–Crippen MR) is 104 cm³/mol. The van der Waals surface area contributed by atoms with Crippen molar-refractivity contribution in [1.29, 1.82) is 0 Å². The van der Waals surface area contributed by atoms with Crippen molar-refractivity contribution in [3.8, 4) is 0 Å². The Bertz CT molecular complexity index is 684. The van der Waals surface area contributed by atoms with E-state index in [1.54, 1.807) is 0 Å². The Morgan fingerprint density at radius 3 is 2.16 bits per heavy atom. The lowest BCUT2D eigenvalue weighted by Crippen LogP contribution is -2.43. The SMILES string of the molecule is Cl.O=C([C@H]1C[C@@H]1c1ccccc1)N1CCC(Nc2ccccc2)CC1. The van der Waals surface area contributed by atoms with Gasteiger partial charge in [0.2, 0.25) is 5.91 Å². The molecule has 2 fully saturated rings. The first-order valence-electron chi connectivity index (χ1n) is 8.96. The summed E-state index contributed by atoms with van der Waals surface area (Å²) in [6.07, 6.45) is 3.08. The highest BCUT2D eigenvalue weighted by Gasteiger charge is 2.46. The molecule has 0 radical (unpaired) electrons. The highest BCUT2D eigenvalue weighted by atomic mass is 35.5. The molecule has 2 aliphatic rings. The number of carbonyl (C=O) groups excluding carboxylic acids is 1. The molecule has 1 amide bonds. The second-order valence-electron chi connectivity index (χ2n) is 6.97. The van der Waals surface area contributed by atoms with Crippen LogP contribution in [0.3, 0.4) is 0 Å². The number of hydrogen-bond donors (Lipinski definition) is 1. The molecule has 1 N–H and O–H groups in total. The second kappa shape index (κ2) is 7.92. The lowest BCUT2D eigenvalue weighted by atomic mass is 10.0. The van der Waals surface area contributed by atoms with E-state index in [9.17, 15) is 4.79 Å². The van der Waals surface area contributed by atoms with Gasteiger partial charge in [0.05, 0.1) is 0 Å². The van der Waals surface area contributed by atoms with Crippen LogP contribution in [0.1, 0.15) is 30.7 Å². The monoisotopic (exact) mass is 356 g/mol. The Morgan fingerprint density at radius 2 is 1.52 bits per heavy atom. The topological polar surface area (TPSA) is 32.3 Å². The Kier molecular flexibility index (Phi) is 5.64. The van der Waals surface area contributed by atoms with Crippen LogP contribution in [0.2, 0.25) is 0 Å². The molecule has 132 valence electrons. The molecule has 1 aliphatic carbocycles. The highest BCUT2D eigenvalue weighted by molar-refractivity contribution is 5.85. The van der Waals surface area contributed by atoms with E-state index in [-0.39, 0.29) is 18.3 Å². The van der Waals surface area contributed by atoms with E-state index >= 15 is 0 Å². The first kappa shape index (κ1) is 17.8. The molecule has 2 aromatic carbocycles. The summed E-state index contributed by atoms with van der Waals surface area (Å²) in [5.41, 5.74) is 2.49. The van der Waals surface area contributed by atoms with Gasteiger partial charge in [-0.1, -0.05) is 48.5 Å². The molecule has 0 bridgehead atoms. The summed E-state index contributed by atoms with van der Waals surface area (Å²) in [5.74, 6) is 1.02. The molecule has 1 aliphatic heterocycles. The maximum atomic E-state index is 12.7. The zero-order valence-electron chi connectivity index (χ0n) is 14.3. The summed E-state index contributed by atoms with van der Waals surface area (Å²) in [6, 6.07) is 21.3. The van der Waals surface area contributed by atoms with Crippen molar-refractivity contribution in [3.05, 3.63) is 66.2 Å². The molecule has 0 unspecified atom stereocenters. The van der Waals surface area contributed by atoms with Gasteiger partial charge in [-0.3, -0.25) is 4.79 Å². The lowest BCUT2D eigenvalue weighted by Gasteiger charge is -2.33. The minimum atomic E-state index is 0. The lowest BCUT2D eigenvalue weighted by molar-refractivity contribution is -0.133. The van der Waals surface area contributed by atoms with Crippen LogP contribution in [-0.4, -0.2) is 29.9 Å². The van der Waals surface area contributed by atoms with Crippen molar-refractivity contribution < 1.29 is 4.79 Å². The van der Waals surface area contributed by atoms with E-state index in [0.717, 1.165) is 32.4 Å². The van der Waals surface area contributed by atoms with Gasteiger partial charge in [0, 0.05) is 30.7 Å². The molecular formula is C21H25ClN2O. The van der Waals surface area contributed by atoms with Gasteiger partial charge in [-0.2, -0.15) is 0 Å². The fourth-order valence-corrected chi connectivity index (χ4v) is 3.79. The van der Waals surface area contributed by atoms with E-state index in [0.29, 0.717) is 17.9 Å². The number of nitrogens with zero attached hydrogens (tertiary/aromatic N) is 1. The van der Waals surface area contributed by atoms with Gasteiger partial charge in [-0.05, 0) is 42.9 Å². The van der Waals surface area contributed by atoms with Gasteiger partial charge >= 0.3 is 0 Å². The Labute approximate surface area is 155 Å². The molecule has 4 rings (SSSR count). The van der Waals surface area contributed by atoms with E-state index in [4.69, 9.17) is 0 Å². The van der Waals surface area contributed by atoms with Crippen molar-refractivity contribution in [3.63, 3.8) is 0 Å². The van der Waals surface area contributed by atoms with Gasteiger partial charge in [-0.15, -0.1) is 12.4 Å². The first-order chi connectivity index (χ1) is 11.8. The number of amides is 1. The molecule has 4 heteroatoms. The van der Waals surface area contributed by atoms with Gasteiger partial charge in [0.15, 0.2) is 0 Å². The highest BCUT2D eigenvalue weighted by Crippen LogP contribution is 2.48. The predicted octanol–water partition coefficient (Wildman–Crippen LogP) is 4.32. The fourth-order valence-electron chi connectivity index (χ4n) is 3.79. The quantitative estimate of drug-likeness (QED) is 0.885. The summed E-state index contributed by atoms with van der Waals surface area (Å²) in [7, 11) is 0. The molecule has 1 saturated heterocycles. The van der Waals surface area contributed by atoms with Crippen LogP contribution in [0.15, 0.2) is 60.7 Å². The van der Waals surface area contributed by atoms with Crippen LogP contribution in [0, 0.1) is 5.92 Å². The van der Waals surface area contributed by atoms with Crippen molar-refractivity contribution in [2.75, 3.05) is 18.4 Å². The average molecular weight is 357 g/mol. The third-order valence-corrected chi connectivity index (χ3v) is 5.29. The summed E-state index contributed by atoms with van der Waals surface area (Å²) in [5, 5.41) is 3.58. The van der Waals surface area contributed by atoms with Crippen LogP contribution in [0.4, 0.5) is 5.69 Å². The van der Waals surface area contributed by atoms with Crippen LogP contribution in [0.25, 0.3) is 0 Å². The van der Waals surface area contributed by atoms with E-state index in [1.807, 2.05) is 12.1 Å². The van der Waals surface area contributed by atoms with Crippen molar-refractivity contribution >= 4 is 24.0 Å². The molecule has 2 aromatic rings. The molecule has 3 nitrogen and oxygen atoms in total. The van der Waals surface area contributed by atoms with Gasteiger partial charge < -0.3 is 10.2 Å². The fraction of sp³-hybridized carbons (Fsp3) is 0.381. The molecule has 1 heterocycles. The zero-order valence-corrected chi connectivity index (χ0v) is 15.1. The number of rotatable bonds is 4. The number of para-hydroxylation sites is 1. The van der Waals surface area contributed by atoms with E-state index < -0.39 is 0 Å². The molecule has 0 spiro atoms. The molecular weight excluding hydrogens is 332 g/mol. The minimum absolute atomic E-state index is 0. The summed E-state index contributed by atoms with van der Waals surface area (Å²) >= 11 is 0. The Morgan fingerprint density at radius 1 is 0.920 bits per heavy atom. The number of hydrogen-bond acceptors (Lipinski definition) is 2. The van der Waals surface area contributed by atoms with Crippen molar-refractivity contribution in [2.45, 2.75) is 31.2 Å². The zero-order chi connectivity index (χ0) is 16.4. The van der Waals surface area contributed by atoms with Crippen LogP contribution in [-0.2, 0) is 4.79 Å². The maximum Gasteiger partial charge on any atom is 0.226 e. The standard InChI is InChI=1S/C21H24N2O.ClH/c24-21(20-15-19(20)16-7-3-1-4-8-16)23-13-11-18(12-14-23)22-17-9-5-2-6-10-17;/h1-10,18-20,22H,11-15H2;1H/t19-,20+;/m1./s1. The molecule has 1 saturated carbocycles. The van der Waals surface area contributed by atoms with Crippen molar-refractivity contribution in [2.24, 2.45) is 5.92 Å². The smallest absolute Gasteiger partial charge is 0.226 e. The third kappa shape index (κ3) is 4.16. The number of nitrogens with one attached hydrogen (secondary N) is 1. The maximum absolute atomic E-state index is 12.7. The van der Waals surface area contributed by atoms with Crippen LogP contribution in [0.5, 0.6) is 0 Å². The summed E-state index contributed by atoms with van der Waals surface area (Å²) in [6.45, 7) is 1.75.